The van der Waals surface area contributed by atoms with Crippen molar-refractivity contribution in [3.8, 4) is 5.75 Å². The number of phenols is 1. The van der Waals surface area contributed by atoms with Crippen LogP contribution in [0.2, 0.25) is 0 Å². The van der Waals surface area contributed by atoms with E-state index in [1.165, 1.54) is 31.2 Å². The summed E-state index contributed by atoms with van der Waals surface area (Å²) in [5, 5.41) is 11.3. The molecular weight excluding hydrogens is 235 g/mol. The van der Waals surface area contributed by atoms with Gasteiger partial charge < -0.3 is 10.4 Å². The summed E-state index contributed by atoms with van der Waals surface area (Å²) < 4.78 is 36.1. The average molecular weight is 247 g/mol. The third-order valence-electron chi connectivity index (χ3n) is 2.02. The largest absolute Gasteiger partial charge is 0.508 e. The molecule has 0 aliphatic carbocycles. The minimum absolute atomic E-state index is 0.110. The smallest absolute Gasteiger partial charge is 0.391 e. The van der Waals surface area contributed by atoms with Crippen LogP contribution in [-0.2, 0) is 0 Å². The topological polar surface area (TPSA) is 49.3 Å². The number of hydrogen-bond donors (Lipinski definition) is 2. The van der Waals surface area contributed by atoms with Gasteiger partial charge in [0.1, 0.15) is 5.75 Å². The third kappa shape index (κ3) is 4.76. The predicted molar refractivity (Wildman–Crippen MR) is 55.7 cm³/mol. The summed E-state index contributed by atoms with van der Waals surface area (Å²) in [6.07, 6.45) is -5.40. The fraction of sp³-hybridized carbons (Fsp3) is 0.364. The van der Waals surface area contributed by atoms with Crippen LogP contribution in [-0.4, -0.2) is 23.2 Å². The highest BCUT2D eigenvalue weighted by Gasteiger charge is 2.30. The molecular formula is C11H12F3NO2. The number of rotatable bonds is 3. The van der Waals surface area contributed by atoms with Gasteiger partial charge >= 0.3 is 6.18 Å². The molecule has 0 aromatic heterocycles. The Bertz CT molecular complexity index is 404. The van der Waals surface area contributed by atoms with E-state index in [0.29, 0.717) is 0 Å². The second kappa shape index (κ2) is 5.07. The number of aromatic hydroxyl groups is 1. The molecule has 3 nitrogen and oxygen atoms in total. The molecule has 0 heterocycles. The molecule has 0 bridgehead atoms. The Hall–Kier alpha value is -1.72. The number of amides is 1. The standard InChI is InChI=1S/C11H12F3NO2/c1-7(6-11(12,13)14)15-10(17)8-3-2-4-9(16)5-8/h2-5,7,16H,6H2,1H3,(H,15,17). The lowest BCUT2D eigenvalue weighted by atomic mass is 10.1. The van der Waals surface area contributed by atoms with E-state index in [0.717, 1.165) is 0 Å². The van der Waals surface area contributed by atoms with E-state index in [4.69, 9.17) is 5.11 Å². The molecule has 6 heteroatoms. The Labute approximate surface area is 96.3 Å². The van der Waals surface area contributed by atoms with Gasteiger partial charge in [-0.2, -0.15) is 13.2 Å². The van der Waals surface area contributed by atoms with Crippen molar-refractivity contribution in [2.24, 2.45) is 0 Å². The van der Waals surface area contributed by atoms with E-state index in [1.54, 1.807) is 0 Å². The first-order valence-electron chi connectivity index (χ1n) is 4.94. The van der Waals surface area contributed by atoms with Crippen molar-refractivity contribution in [1.82, 2.24) is 5.32 Å². The molecule has 0 saturated heterocycles. The van der Waals surface area contributed by atoms with Crippen LogP contribution >= 0.6 is 0 Å². The predicted octanol–water partition coefficient (Wildman–Crippen LogP) is 2.46. The van der Waals surface area contributed by atoms with Crippen molar-refractivity contribution in [2.45, 2.75) is 25.6 Å². The fourth-order valence-electron chi connectivity index (χ4n) is 1.35. The summed E-state index contributed by atoms with van der Waals surface area (Å²) >= 11 is 0. The first-order valence-corrected chi connectivity index (χ1v) is 4.94. The fourth-order valence-corrected chi connectivity index (χ4v) is 1.35. The number of hydrogen-bond acceptors (Lipinski definition) is 2. The SMILES string of the molecule is CC(CC(F)(F)F)NC(=O)c1cccc(O)c1. The summed E-state index contributed by atoms with van der Waals surface area (Å²) in [6.45, 7) is 1.27. The van der Waals surface area contributed by atoms with Crippen LogP contribution in [0, 0.1) is 0 Å². The van der Waals surface area contributed by atoms with E-state index >= 15 is 0 Å². The monoisotopic (exact) mass is 247 g/mol. The van der Waals surface area contributed by atoms with Gasteiger partial charge in [0.25, 0.3) is 5.91 Å². The molecule has 1 aromatic carbocycles. The Kier molecular flexibility index (Phi) is 3.98. The van der Waals surface area contributed by atoms with Gasteiger partial charge in [0.05, 0.1) is 6.42 Å². The molecule has 94 valence electrons. The van der Waals surface area contributed by atoms with Gasteiger partial charge in [0, 0.05) is 11.6 Å². The van der Waals surface area contributed by atoms with Gasteiger partial charge in [-0.1, -0.05) is 6.07 Å². The van der Waals surface area contributed by atoms with E-state index in [2.05, 4.69) is 5.32 Å². The van der Waals surface area contributed by atoms with E-state index in [9.17, 15) is 18.0 Å². The van der Waals surface area contributed by atoms with Crippen LogP contribution < -0.4 is 5.32 Å². The molecule has 0 aliphatic rings. The number of phenolic OH excluding ortho intramolecular Hbond substituents is 1. The molecule has 1 amide bonds. The number of carbonyl (C=O) groups excluding carboxylic acids is 1. The quantitative estimate of drug-likeness (QED) is 0.862. The van der Waals surface area contributed by atoms with Crippen molar-refractivity contribution in [3.05, 3.63) is 29.8 Å². The molecule has 2 N–H and O–H groups in total. The maximum Gasteiger partial charge on any atom is 0.391 e. The van der Waals surface area contributed by atoms with Gasteiger partial charge in [-0.25, -0.2) is 0 Å². The molecule has 0 aliphatic heterocycles. The number of halogens is 3. The van der Waals surface area contributed by atoms with Crippen LogP contribution in [0.4, 0.5) is 13.2 Å². The summed E-state index contributed by atoms with van der Waals surface area (Å²) in [5.41, 5.74) is 0.124. The second-order valence-corrected chi connectivity index (χ2v) is 3.74. The molecule has 1 unspecified atom stereocenters. The lowest BCUT2D eigenvalue weighted by Crippen LogP contribution is -2.35. The normalized spacial score (nSPS) is 13.2. The number of carbonyl (C=O) groups is 1. The van der Waals surface area contributed by atoms with Crippen LogP contribution in [0.15, 0.2) is 24.3 Å². The van der Waals surface area contributed by atoms with E-state index in [1.807, 2.05) is 0 Å². The van der Waals surface area contributed by atoms with Crippen molar-refractivity contribution >= 4 is 5.91 Å². The first-order chi connectivity index (χ1) is 7.78. The van der Waals surface area contributed by atoms with E-state index in [-0.39, 0.29) is 11.3 Å². The zero-order valence-corrected chi connectivity index (χ0v) is 9.08. The first kappa shape index (κ1) is 13.3. The van der Waals surface area contributed by atoms with Crippen LogP contribution in [0.25, 0.3) is 0 Å². The molecule has 17 heavy (non-hydrogen) atoms. The van der Waals surface area contributed by atoms with Crippen molar-refractivity contribution in [1.29, 1.82) is 0 Å². The van der Waals surface area contributed by atoms with Crippen LogP contribution in [0.5, 0.6) is 5.75 Å². The zero-order valence-electron chi connectivity index (χ0n) is 9.08. The summed E-state index contributed by atoms with van der Waals surface area (Å²) in [7, 11) is 0. The maximum atomic E-state index is 12.0. The Balaban J connectivity index is 2.61. The van der Waals surface area contributed by atoms with Gasteiger partial charge in [0.15, 0.2) is 0 Å². The molecule has 0 saturated carbocycles. The molecule has 0 radical (unpaired) electrons. The average Bonchev–Trinajstić information content (AvgIpc) is 2.14. The minimum Gasteiger partial charge on any atom is -0.508 e. The summed E-state index contributed by atoms with van der Waals surface area (Å²) in [5.74, 6) is -0.751. The number of alkyl halides is 3. The molecule has 0 fully saturated rings. The van der Waals surface area contributed by atoms with Crippen molar-refractivity contribution in [3.63, 3.8) is 0 Å². The summed E-state index contributed by atoms with van der Waals surface area (Å²) in [4.78, 5) is 11.5. The Morgan fingerprint density at radius 2 is 2.12 bits per heavy atom. The Morgan fingerprint density at radius 1 is 1.47 bits per heavy atom. The van der Waals surface area contributed by atoms with Gasteiger partial charge in [-0.05, 0) is 25.1 Å². The van der Waals surface area contributed by atoms with Gasteiger partial charge in [-0.3, -0.25) is 4.79 Å². The summed E-state index contributed by atoms with van der Waals surface area (Å²) in [6, 6.07) is 4.41. The highest BCUT2D eigenvalue weighted by molar-refractivity contribution is 5.94. The zero-order chi connectivity index (χ0) is 13.1. The second-order valence-electron chi connectivity index (χ2n) is 3.74. The van der Waals surface area contributed by atoms with Crippen molar-refractivity contribution < 1.29 is 23.1 Å². The third-order valence-corrected chi connectivity index (χ3v) is 2.02. The molecule has 1 atom stereocenters. The highest BCUT2D eigenvalue weighted by Crippen LogP contribution is 2.21. The van der Waals surface area contributed by atoms with Crippen LogP contribution in [0.3, 0.4) is 0 Å². The van der Waals surface area contributed by atoms with Gasteiger partial charge in [0.2, 0.25) is 0 Å². The highest BCUT2D eigenvalue weighted by atomic mass is 19.4. The van der Waals surface area contributed by atoms with Gasteiger partial charge in [-0.15, -0.1) is 0 Å². The maximum absolute atomic E-state index is 12.0. The minimum atomic E-state index is -4.31. The lowest BCUT2D eigenvalue weighted by molar-refractivity contribution is -0.138. The molecule has 1 aromatic rings. The van der Waals surface area contributed by atoms with Crippen molar-refractivity contribution in [2.75, 3.05) is 0 Å². The van der Waals surface area contributed by atoms with E-state index < -0.39 is 24.5 Å². The van der Waals surface area contributed by atoms with Crippen LogP contribution in [0.1, 0.15) is 23.7 Å². The molecule has 0 spiro atoms. The number of nitrogens with one attached hydrogen (secondary N) is 1. The number of benzene rings is 1. The Morgan fingerprint density at radius 3 is 2.65 bits per heavy atom. The molecule has 1 rings (SSSR count). The lowest BCUT2D eigenvalue weighted by Gasteiger charge is -2.15.